The van der Waals surface area contributed by atoms with Crippen molar-refractivity contribution < 1.29 is 9.32 Å². The van der Waals surface area contributed by atoms with Crippen LogP contribution in [0, 0.1) is 26.7 Å². The molecule has 6 nitrogen and oxygen atoms in total. The molecule has 2 aromatic rings. The van der Waals surface area contributed by atoms with Crippen molar-refractivity contribution in [3.05, 3.63) is 33.1 Å². The Bertz CT molecular complexity index is 690. The van der Waals surface area contributed by atoms with Gasteiger partial charge < -0.3 is 14.7 Å². The molecule has 3 rings (SSSR count). The topological polar surface area (TPSA) is 71.3 Å². The number of carbonyl (C=O) groups is 1. The first-order valence-corrected chi connectivity index (χ1v) is 9.21. The fourth-order valence-electron chi connectivity index (χ4n) is 3.11. The number of rotatable bonds is 6. The molecule has 8 heteroatoms. The van der Waals surface area contributed by atoms with Gasteiger partial charge in [-0.3, -0.25) is 4.79 Å². The van der Waals surface area contributed by atoms with Gasteiger partial charge in [-0.1, -0.05) is 5.16 Å². The summed E-state index contributed by atoms with van der Waals surface area (Å²) in [6, 6.07) is 0. The number of hydrogen-bond donors (Lipinski definition) is 1. The van der Waals surface area contributed by atoms with Crippen molar-refractivity contribution in [1.82, 2.24) is 20.4 Å². The van der Waals surface area contributed by atoms with Crippen LogP contribution in [0.2, 0.25) is 0 Å². The lowest BCUT2D eigenvalue weighted by atomic mass is 10.1. The number of amides is 1. The number of thiazole rings is 1. The van der Waals surface area contributed by atoms with Crippen molar-refractivity contribution in [2.75, 3.05) is 19.6 Å². The predicted molar refractivity (Wildman–Crippen MR) is 100 cm³/mol. The van der Waals surface area contributed by atoms with Gasteiger partial charge in [-0.25, -0.2) is 4.98 Å². The zero-order valence-corrected chi connectivity index (χ0v) is 16.5. The molecule has 1 fully saturated rings. The van der Waals surface area contributed by atoms with Gasteiger partial charge in [0, 0.05) is 17.0 Å². The Labute approximate surface area is 158 Å². The highest BCUT2D eigenvalue weighted by Crippen LogP contribution is 2.20. The molecule has 0 aliphatic carbocycles. The van der Waals surface area contributed by atoms with Gasteiger partial charge in [-0.15, -0.1) is 23.7 Å². The molecule has 1 N–H and O–H groups in total. The Kier molecular flexibility index (Phi) is 6.98. The lowest BCUT2D eigenvalue weighted by Crippen LogP contribution is -2.36. The fraction of sp³-hybridized carbons (Fsp3) is 0.588. The van der Waals surface area contributed by atoms with E-state index in [2.05, 4.69) is 15.5 Å². The summed E-state index contributed by atoms with van der Waals surface area (Å²) in [5, 5.41) is 7.34. The van der Waals surface area contributed by atoms with E-state index in [9.17, 15) is 4.79 Å². The monoisotopic (exact) mass is 384 g/mol. The number of aryl methyl sites for hydroxylation is 3. The zero-order chi connectivity index (χ0) is 17.1. The van der Waals surface area contributed by atoms with Gasteiger partial charge in [0.25, 0.3) is 0 Å². The number of nitrogens with one attached hydrogen (secondary N) is 1. The zero-order valence-electron chi connectivity index (χ0n) is 14.9. The largest absolute Gasteiger partial charge is 0.361 e. The maximum Gasteiger partial charge on any atom is 0.227 e. The quantitative estimate of drug-likeness (QED) is 0.828. The summed E-state index contributed by atoms with van der Waals surface area (Å²) >= 11 is 1.62. The third-order valence-corrected chi connectivity index (χ3v) is 5.60. The standard InChI is InChI=1S/C17H24N4O2S.ClH/c1-11-15(13(3)23-20-11)6-17(22)21(8-14-4-5-18-7-14)9-16-12(2)19-10-24-16;/h10,14,18H,4-9H2,1-3H3;1H. The Balaban J connectivity index is 0.00000225. The van der Waals surface area contributed by atoms with Crippen LogP contribution in [-0.4, -0.2) is 40.6 Å². The van der Waals surface area contributed by atoms with E-state index < -0.39 is 0 Å². The second-order valence-electron chi connectivity index (χ2n) is 6.47. The van der Waals surface area contributed by atoms with Gasteiger partial charge in [0.2, 0.25) is 5.91 Å². The summed E-state index contributed by atoms with van der Waals surface area (Å²) in [6.45, 7) is 9.19. The third kappa shape index (κ3) is 4.80. The Morgan fingerprint density at radius 3 is 2.76 bits per heavy atom. The van der Waals surface area contributed by atoms with Crippen molar-refractivity contribution >= 4 is 29.7 Å². The van der Waals surface area contributed by atoms with E-state index in [1.54, 1.807) is 11.3 Å². The summed E-state index contributed by atoms with van der Waals surface area (Å²) < 4.78 is 5.20. The van der Waals surface area contributed by atoms with Crippen LogP contribution in [0.15, 0.2) is 10.0 Å². The van der Waals surface area contributed by atoms with Crippen LogP contribution >= 0.6 is 23.7 Å². The number of carbonyl (C=O) groups excluding carboxylic acids is 1. The molecular weight excluding hydrogens is 360 g/mol. The molecular formula is C17H25ClN4O2S. The second kappa shape index (κ2) is 8.78. The van der Waals surface area contributed by atoms with Gasteiger partial charge in [-0.2, -0.15) is 0 Å². The first kappa shape index (κ1) is 19.9. The average Bonchev–Trinajstić information content (AvgIpc) is 3.27. The summed E-state index contributed by atoms with van der Waals surface area (Å²) in [4.78, 5) is 20.4. The van der Waals surface area contributed by atoms with Gasteiger partial charge in [-0.05, 0) is 46.2 Å². The molecule has 138 valence electrons. The molecule has 0 saturated carbocycles. The van der Waals surface area contributed by atoms with E-state index in [1.807, 2.05) is 31.2 Å². The minimum Gasteiger partial charge on any atom is -0.361 e. The van der Waals surface area contributed by atoms with Crippen LogP contribution in [0.25, 0.3) is 0 Å². The molecule has 1 aliphatic rings. The number of nitrogens with zero attached hydrogens (tertiary/aromatic N) is 3. The normalized spacial score (nSPS) is 16.7. The lowest BCUT2D eigenvalue weighted by Gasteiger charge is -2.25. The van der Waals surface area contributed by atoms with E-state index in [0.29, 0.717) is 18.9 Å². The lowest BCUT2D eigenvalue weighted by molar-refractivity contribution is -0.131. The first-order chi connectivity index (χ1) is 11.5. The molecule has 0 radical (unpaired) electrons. The van der Waals surface area contributed by atoms with E-state index >= 15 is 0 Å². The summed E-state index contributed by atoms with van der Waals surface area (Å²) in [5.41, 5.74) is 4.58. The highest BCUT2D eigenvalue weighted by molar-refractivity contribution is 7.09. The van der Waals surface area contributed by atoms with E-state index in [-0.39, 0.29) is 18.3 Å². The van der Waals surface area contributed by atoms with Crippen molar-refractivity contribution in [2.24, 2.45) is 5.92 Å². The van der Waals surface area contributed by atoms with Gasteiger partial charge in [0.15, 0.2) is 0 Å². The van der Waals surface area contributed by atoms with Crippen molar-refractivity contribution in [1.29, 1.82) is 0 Å². The van der Waals surface area contributed by atoms with Crippen LogP contribution in [0.5, 0.6) is 0 Å². The first-order valence-electron chi connectivity index (χ1n) is 8.33. The minimum absolute atomic E-state index is 0. The van der Waals surface area contributed by atoms with Gasteiger partial charge in [0.05, 0.1) is 29.9 Å². The van der Waals surface area contributed by atoms with Crippen LogP contribution < -0.4 is 5.32 Å². The van der Waals surface area contributed by atoms with Crippen molar-refractivity contribution in [2.45, 2.75) is 40.2 Å². The average molecular weight is 385 g/mol. The minimum atomic E-state index is 0. The molecule has 25 heavy (non-hydrogen) atoms. The molecule has 0 bridgehead atoms. The summed E-state index contributed by atoms with van der Waals surface area (Å²) in [6.07, 6.45) is 1.47. The van der Waals surface area contributed by atoms with Crippen LogP contribution in [0.4, 0.5) is 0 Å². The molecule has 0 spiro atoms. The highest BCUT2D eigenvalue weighted by atomic mass is 35.5. The van der Waals surface area contributed by atoms with Crippen molar-refractivity contribution in [3.63, 3.8) is 0 Å². The van der Waals surface area contributed by atoms with E-state index in [0.717, 1.165) is 53.6 Å². The number of halogens is 1. The highest BCUT2D eigenvalue weighted by Gasteiger charge is 2.24. The summed E-state index contributed by atoms with van der Waals surface area (Å²) in [5.74, 6) is 1.38. The van der Waals surface area contributed by atoms with Crippen LogP contribution in [0.3, 0.4) is 0 Å². The smallest absolute Gasteiger partial charge is 0.227 e. The predicted octanol–water partition coefficient (Wildman–Crippen LogP) is 2.66. The molecule has 1 amide bonds. The Morgan fingerprint density at radius 2 is 2.20 bits per heavy atom. The van der Waals surface area contributed by atoms with Gasteiger partial charge in [0.1, 0.15) is 5.76 Å². The summed E-state index contributed by atoms with van der Waals surface area (Å²) in [7, 11) is 0. The molecule has 1 saturated heterocycles. The third-order valence-electron chi connectivity index (χ3n) is 4.68. The molecule has 1 atom stereocenters. The molecule has 2 aromatic heterocycles. The van der Waals surface area contributed by atoms with Crippen LogP contribution in [-0.2, 0) is 17.8 Å². The van der Waals surface area contributed by atoms with Crippen LogP contribution in [0.1, 0.15) is 34.0 Å². The maximum atomic E-state index is 13.0. The Morgan fingerprint density at radius 1 is 1.40 bits per heavy atom. The molecule has 0 aromatic carbocycles. The van der Waals surface area contributed by atoms with Crippen molar-refractivity contribution in [3.8, 4) is 0 Å². The van der Waals surface area contributed by atoms with E-state index in [1.165, 1.54) is 0 Å². The molecule has 1 unspecified atom stereocenters. The maximum absolute atomic E-state index is 13.0. The number of hydrogen-bond acceptors (Lipinski definition) is 6. The SMILES string of the molecule is Cc1ncsc1CN(CC1CCNC1)C(=O)Cc1c(C)noc1C.Cl. The van der Waals surface area contributed by atoms with E-state index in [4.69, 9.17) is 4.52 Å². The fourth-order valence-corrected chi connectivity index (χ4v) is 3.90. The van der Waals surface area contributed by atoms with Gasteiger partial charge >= 0.3 is 0 Å². The molecule has 3 heterocycles. The number of aromatic nitrogens is 2. The Hall–Kier alpha value is -1.44. The second-order valence-corrected chi connectivity index (χ2v) is 7.41. The molecule has 1 aliphatic heterocycles.